The Balaban J connectivity index is 0.000000464. The van der Waals surface area contributed by atoms with E-state index >= 15 is 0 Å². The summed E-state index contributed by atoms with van der Waals surface area (Å²) in [5, 5.41) is 15.2. The van der Waals surface area contributed by atoms with Gasteiger partial charge in [-0.05, 0) is 121 Å². The number of carbonyl (C=O) groups excluding carboxylic acids is 3. The van der Waals surface area contributed by atoms with Crippen LogP contribution in [0.5, 0.6) is 11.5 Å². The van der Waals surface area contributed by atoms with Crippen LogP contribution in [-0.4, -0.2) is 80.1 Å². The van der Waals surface area contributed by atoms with Gasteiger partial charge in [-0.15, -0.1) is 0 Å². The fraction of sp³-hybridized carbons (Fsp3) is 0.460. The van der Waals surface area contributed by atoms with Crippen molar-refractivity contribution in [2.45, 2.75) is 89.1 Å². The number of aromatic hydroxyl groups is 1. The first-order valence-electron chi connectivity index (χ1n) is 22.3. The molecule has 10 rings (SSSR count). The molecule has 1 spiro atoms. The first-order valence-corrected chi connectivity index (χ1v) is 22.3. The Morgan fingerprint density at radius 2 is 1.75 bits per heavy atom. The normalized spacial score (nSPS) is 22.8. The Morgan fingerprint density at radius 1 is 0.950 bits per heavy atom. The molecule has 3 N–H and O–H groups in total. The van der Waals surface area contributed by atoms with Crippen LogP contribution < -0.4 is 25.2 Å². The van der Waals surface area contributed by atoms with Gasteiger partial charge < -0.3 is 25.0 Å². The van der Waals surface area contributed by atoms with Crippen LogP contribution in [0.4, 0.5) is 11.4 Å². The minimum Gasteiger partial charge on any atom is -0.508 e. The topological polar surface area (TPSA) is 114 Å². The average molecular weight is 810 g/mol. The van der Waals surface area contributed by atoms with Gasteiger partial charge in [0.2, 0.25) is 12.3 Å². The summed E-state index contributed by atoms with van der Waals surface area (Å²) in [6.07, 6.45) is 10.1. The molecule has 4 aromatic rings. The van der Waals surface area contributed by atoms with Crippen molar-refractivity contribution in [3.63, 3.8) is 0 Å². The van der Waals surface area contributed by atoms with E-state index in [4.69, 9.17) is 4.74 Å². The van der Waals surface area contributed by atoms with Gasteiger partial charge in [0, 0.05) is 74.8 Å². The SMILES string of the molecule is CCCCC(=O)NC=O.O=C1NCc2cc3c(cc21)OCC1CN(CC2CCC4(CC2)CN(c2ccc(C5c6ccc(O)cc6CCC5c5ccccc5)cc2)C4)CCN31. The number of aryl methyl sites for hydroxylation is 1. The van der Waals surface area contributed by atoms with Crippen molar-refractivity contribution in [3.05, 3.63) is 118 Å². The van der Waals surface area contributed by atoms with Gasteiger partial charge in [-0.2, -0.15) is 0 Å². The number of piperazine rings is 1. The molecule has 6 aliphatic rings. The lowest BCUT2D eigenvalue weighted by atomic mass is 9.65. The van der Waals surface area contributed by atoms with Crippen molar-refractivity contribution in [2.75, 3.05) is 55.7 Å². The second-order valence-corrected chi connectivity index (χ2v) is 18.2. The van der Waals surface area contributed by atoms with Crippen molar-refractivity contribution in [1.29, 1.82) is 0 Å². The number of amides is 3. The average Bonchev–Trinajstić information content (AvgIpc) is 3.63. The van der Waals surface area contributed by atoms with Crippen LogP contribution in [0.25, 0.3) is 0 Å². The number of fused-ring (bicyclic) bond motifs is 5. The number of nitrogens with one attached hydrogen (secondary N) is 2. The third-order valence-electron chi connectivity index (χ3n) is 14.3. The van der Waals surface area contributed by atoms with E-state index in [1.54, 1.807) is 0 Å². The third-order valence-corrected chi connectivity index (χ3v) is 14.3. The van der Waals surface area contributed by atoms with E-state index in [1.165, 1.54) is 78.9 Å². The molecule has 4 aromatic carbocycles. The van der Waals surface area contributed by atoms with Crippen LogP contribution in [0.1, 0.15) is 108 Å². The molecule has 60 heavy (non-hydrogen) atoms. The van der Waals surface area contributed by atoms with Crippen molar-refractivity contribution in [3.8, 4) is 11.5 Å². The summed E-state index contributed by atoms with van der Waals surface area (Å²) in [5.41, 5.74) is 10.3. The molecule has 3 amide bonds. The quantitative estimate of drug-likeness (QED) is 0.149. The lowest BCUT2D eigenvalue weighted by Gasteiger charge is -2.55. The van der Waals surface area contributed by atoms with E-state index in [-0.39, 0.29) is 11.8 Å². The van der Waals surface area contributed by atoms with Crippen LogP contribution >= 0.6 is 0 Å². The largest absolute Gasteiger partial charge is 0.508 e. The van der Waals surface area contributed by atoms with Crippen LogP contribution in [0.3, 0.4) is 0 Å². The summed E-state index contributed by atoms with van der Waals surface area (Å²) >= 11 is 0. The maximum absolute atomic E-state index is 12.2. The lowest BCUT2D eigenvalue weighted by molar-refractivity contribution is -0.125. The van der Waals surface area contributed by atoms with Gasteiger partial charge >= 0.3 is 0 Å². The van der Waals surface area contributed by atoms with E-state index < -0.39 is 0 Å². The van der Waals surface area contributed by atoms with Gasteiger partial charge in [-0.25, -0.2) is 0 Å². The van der Waals surface area contributed by atoms with E-state index in [1.807, 2.05) is 25.1 Å². The number of phenolic OH excluding ortho intramolecular Hbond substituents is 1. The number of ether oxygens (including phenoxy) is 1. The molecule has 10 heteroatoms. The number of imide groups is 1. The Kier molecular flexibility index (Phi) is 11.6. The maximum Gasteiger partial charge on any atom is 0.252 e. The minimum atomic E-state index is -0.188. The van der Waals surface area contributed by atoms with Crippen molar-refractivity contribution < 1.29 is 24.2 Å². The zero-order valence-electron chi connectivity index (χ0n) is 34.9. The van der Waals surface area contributed by atoms with E-state index in [0.29, 0.717) is 55.0 Å². The fourth-order valence-electron chi connectivity index (χ4n) is 11.1. The summed E-state index contributed by atoms with van der Waals surface area (Å²) in [5.74, 6) is 2.57. The molecule has 3 atom stereocenters. The lowest BCUT2D eigenvalue weighted by Crippen LogP contribution is -2.59. The van der Waals surface area contributed by atoms with Gasteiger partial charge in [-0.1, -0.05) is 61.9 Å². The van der Waals surface area contributed by atoms with Crippen LogP contribution in [0.2, 0.25) is 0 Å². The molecule has 314 valence electrons. The number of phenols is 1. The molecular formula is C50H59N5O5. The summed E-state index contributed by atoms with van der Waals surface area (Å²) in [7, 11) is 0. The van der Waals surface area contributed by atoms with Gasteiger partial charge in [0.1, 0.15) is 18.1 Å². The molecule has 2 saturated heterocycles. The Labute approximate surface area is 354 Å². The van der Waals surface area contributed by atoms with Crippen molar-refractivity contribution in [1.82, 2.24) is 15.5 Å². The highest BCUT2D eigenvalue weighted by molar-refractivity contribution is 5.99. The zero-order valence-corrected chi connectivity index (χ0v) is 34.9. The number of hydrogen-bond acceptors (Lipinski definition) is 8. The van der Waals surface area contributed by atoms with E-state index in [9.17, 15) is 19.5 Å². The summed E-state index contributed by atoms with van der Waals surface area (Å²) in [6.45, 7) is 10.0. The Morgan fingerprint density at radius 3 is 2.52 bits per heavy atom. The minimum absolute atomic E-state index is 0.0172. The summed E-state index contributed by atoms with van der Waals surface area (Å²) in [6, 6.07) is 31.0. The first-order chi connectivity index (χ1) is 29.3. The monoisotopic (exact) mass is 809 g/mol. The van der Waals surface area contributed by atoms with Crippen LogP contribution in [-0.2, 0) is 22.6 Å². The number of nitrogens with zero attached hydrogens (tertiary/aromatic N) is 3. The van der Waals surface area contributed by atoms with Gasteiger partial charge in [0.05, 0.1) is 11.7 Å². The second-order valence-electron chi connectivity index (χ2n) is 18.2. The number of carbonyl (C=O) groups is 3. The predicted molar refractivity (Wildman–Crippen MR) is 235 cm³/mol. The highest BCUT2D eigenvalue weighted by Gasteiger charge is 2.46. The number of hydrogen-bond donors (Lipinski definition) is 3. The predicted octanol–water partition coefficient (Wildman–Crippen LogP) is 7.53. The van der Waals surface area contributed by atoms with Crippen molar-refractivity contribution in [2.24, 2.45) is 11.3 Å². The van der Waals surface area contributed by atoms with E-state index in [0.717, 1.165) is 68.1 Å². The number of rotatable bonds is 9. The molecule has 4 heterocycles. The smallest absolute Gasteiger partial charge is 0.252 e. The van der Waals surface area contributed by atoms with Gasteiger partial charge in [0.25, 0.3) is 5.91 Å². The fourth-order valence-corrected chi connectivity index (χ4v) is 11.1. The molecule has 1 saturated carbocycles. The van der Waals surface area contributed by atoms with Crippen LogP contribution in [0.15, 0.2) is 84.9 Å². The summed E-state index contributed by atoms with van der Waals surface area (Å²) < 4.78 is 6.22. The standard InChI is InChI=1S/C44H48N4O3.C6H11NO2/c49-36-11-13-38-32(20-36)8-12-37(30-4-2-1-3-5-30)42(38)31-6-9-34(10-7-31)47-27-44(28-47)16-14-29(15-17-44)24-46-18-19-48-35(25-46)26-51-41-22-39-33(21-40(41)48)23-45-43(39)50;1-2-3-4-6(9)7-5-8/h1-7,9-11,13,20-22,29,35,37,42,49H,8,12,14-19,23-28H2,(H,45,50);5H,2-4H2,1H3,(H,7,8,9). The maximum atomic E-state index is 12.2. The van der Waals surface area contributed by atoms with Gasteiger partial charge in [-0.3, -0.25) is 24.6 Å². The molecule has 4 aliphatic heterocycles. The van der Waals surface area contributed by atoms with Gasteiger partial charge in [0.15, 0.2) is 0 Å². The number of anilines is 2. The molecule has 0 aromatic heterocycles. The van der Waals surface area contributed by atoms with Crippen molar-refractivity contribution >= 4 is 29.6 Å². The number of benzene rings is 4. The first kappa shape index (κ1) is 40.1. The molecule has 0 radical (unpaired) electrons. The molecule has 3 unspecified atom stereocenters. The Bertz CT molecular complexity index is 2180. The Hall–Kier alpha value is -5.35. The third kappa shape index (κ3) is 8.23. The molecule has 3 fully saturated rings. The molecular weight excluding hydrogens is 751 g/mol. The molecule has 2 aliphatic carbocycles. The highest BCUT2D eigenvalue weighted by Crippen LogP contribution is 2.50. The zero-order chi connectivity index (χ0) is 41.2. The highest BCUT2D eigenvalue weighted by atomic mass is 16.5. The summed E-state index contributed by atoms with van der Waals surface area (Å²) in [4.78, 5) is 40.1. The van der Waals surface area contributed by atoms with Crippen LogP contribution in [0, 0.1) is 11.3 Å². The van der Waals surface area contributed by atoms with E-state index in [2.05, 4.69) is 92.1 Å². The number of unbranched alkanes of at least 4 members (excludes halogenated alkanes) is 1. The molecule has 10 nitrogen and oxygen atoms in total. The second kappa shape index (κ2) is 17.3. The molecule has 0 bridgehead atoms.